The van der Waals surface area contributed by atoms with Crippen molar-refractivity contribution in [1.82, 2.24) is 9.13 Å². The Morgan fingerprint density at radius 1 is 0.304 bits per heavy atom. The summed E-state index contributed by atoms with van der Waals surface area (Å²) in [7, 11) is 0. The maximum atomic E-state index is 2.43. The molecule has 9 rings (SSSR count). The molecule has 46 heavy (non-hydrogen) atoms. The fourth-order valence-electron chi connectivity index (χ4n) is 7.32. The first-order valence-corrected chi connectivity index (χ1v) is 15.9. The lowest BCUT2D eigenvalue weighted by Gasteiger charge is -2.13. The van der Waals surface area contributed by atoms with Gasteiger partial charge in [0.15, 0.2) is 0 Å². The topological polar surface area (TPSA) is 9.86 Å². The van der Waals surface area contributed by atoms with Crippen LogP contribution in [0.3, 0.4) is 0 Å². The van der Waals surface area contributed by atoms with Gasteiger partial charge in [-0.25, -0.2) is 0 Å². The van der Waals surface area contributed by atoms with Crippen LogP contribution in [0.5, 0.6) is 0 Å². The molecule has 2 heterocycles. The van der Waals surface area contributed by atoms with Gasteiger partial charge in [0, 0.05) is 32.9 Å². The van der Waals surface area contributed by atoms with Crippen molar-refractivity contribution in [3.8, 4) is 33.6 Å². The molecule has 0 saturated carbocycles. The quantitative estimate of drug-likeness (QED) is 0.194. The smallest absolute Gasteiger partial charge is 0.0541 e. The van der Waals surface area contributed by atoms with E-state index < -0.39 is 0 Å². The minimum atomic E-state index is 1.18. The highest BCUT2D eigenvalue weighted by Crippen LogP contribution is 2.39. The van der Waals surface area contributed by atoms with Crippen molar-refractivity contribution in [3.63, 3.8) is 0 Å². The van der Waals surface area contributed by atoms with Crippen LogP contribution < -0.4 is 0 Å². The van der Waals surface area contributed by atoms with Crippen LogP contribution in [-0.2, 0) is 0 Å². The molecule has 2 aromatic heterocycles. The summed E-state index contributed by atoms with van der Waals surface area (Å²) in [6.07, 6.45) is 0. The van der Waals surface area contributed by atoms with Gasteiger partial charge < -0.3 is 9.13 Å². The average Bonchev–Trinajstić information content (AvgIpc) is 3.60. The highest BCUT2D eigenvalue weighted by molar-refractivity contribution is 6.12. The van der Waals surface area contributed by atoms with E-state index >= 15 is 0 Å². The van der Waals surface area contributed by atoms with Crippen LogP contribution in [0.2, 0.25) is 0 Å². The van der Waals surface area contributed by atoms with E-state index in [0.29, 0.717) is 0 Å². The summed E-state index contributed by atoms with van der Waals surface area (Å²) in [4.78, 5) is 0. The van der Waals surface area contributed by atoms with Crippen LogP contribution in [0.1, 0.15) is 11.1 Å². The molecule has 0 radical (unpaired) electrons. The molecule has 0 aliphatic heterocycles. The van der Waals surface area contributed by atoms with E-state index in [-0.39, 0.29) is 0 Å². The number of benzene rings is 7. The van der Waals surface area contributed by atoms with Crippen LogP contribution in [0.25, 0.3) is 77.2 Å². The number of nitrogens with zero attached hydrogens (tertiary/aromatic N) is 2. The SMILES string of the molecule is Cc1cccc(-c2cc(C)cc(-n3c4ccccc4c4cc(-c5ccc6c(c5)c5ccccc5n6-c5ccccc5)ccc43)c2)c1. The van der Waals surface area contributed by atoms with E-state index in [1.165, 1.54) is 88.4 Å². The third kappa shape index (κ3) is 4.18. The number of para-hydroxylation sites is 3. The van der Waals surface area contributed by atoms with Gasteiger partial charge in [-0.3, -0.25) is 0 Å². The Morgan fingerprint density at radius 3 is 1.46 bits per heavy atom. The highest BCUT2D eigenvalue weighted by Gasteiger charge is 2.16. The van der Waals surface area contributed by atoms with E-state index in [1.807, 2.05) is 0 Å². The van der Waals surface area contributed by atoms with Crippen molar-refractivity contribution in [2.45, 2.75) is 13.8 Å². The highest BCUT2D eigenvalue weighted by atomic mass is 15.0. The van der Waals surface area contributed by atoms with Crippen LogP contribution in [0, 0.1) is 13.8 Å². The summed E-state index contributed by atoms with van der Waals surface area (Å²) in [5.41, 5.74) is 14.7. The zero-order valence-electron chi connectivity index (χ0n) is 25.9. The summed E-state index contributed by atoms with van der Waals surface area (Å²) in [6.45, 7) is 4.35. The van der Waals surface area contributed by atoms with Crippen molar-refractivity contribution in [2.24, 2.45) is 0 Å². The monoisotopic (exact) mass is 588 g/mol. The van der Waals surface area contributed by atoms with Crippen LogP contribution in [-0.4, -0.2) is 9.13 Å². The molecular formula is C44H32N2. The molecule has 0 unspecified atom stereocenters. The predicted octanol–water partition coefficient (Wildman–Crippen LogP) is 11.8. The predicted molar refractivity (Wildman–Crippen MR) is 195 cm³/mol. The minimum Gasteiger partial charge on any atom is -0.309 e. The molecule has 0 amide bonds. The molecule has 0 spiro atoms. The molecule has 0 atom stereocenters. The molecule has 0 N–H and O–H groups in total. The molecule has 0 aliphatic carbocycles. The third-order valence-electron chi connectivity index (χ3n) is 9.36. The number of fused-ring (bicyclic) bond motifs is 6. The summed E-state index contributed by atoms with van der Waals surface area (Å²) in [5, 5.41) is 5.06. The fraction of sp³-hybridized carbons (Fsp3) is 0.0455. The zero-order chi connectivity index (χ0) is 30.8. The van der Waals surface area contributed by atoms with E-state index in [2.05, 4.69) is 181 Å². The maximum absolute atomic E-state index is 2.43. The Hall–Kier alpha value is -5.86. The number of hydrogen-bond acceptors (Lipinski definition) is 0. The molecule has 2 nitrogen and oxygen atoms in total. The van der Waals surface area contributed by atoms with Gasteiger partial charge in [0.1, 0.15) is 0 Å². The number of rotatable bonds is 4. The van der Waals surface area contributed by atoms with Gasteiger partial charge in [0.25, 0.3) is 0 Å². The molecule has 7 aromatic carbocycles. The summed E-state index contributed by atoms with van der Waals surface area (Å²) < 4.78 is 4.80. The second-order valence-electron chi connectivity index (χ2n) is 12.4. The molecule has 9 aromatic rings. The van der Waals surface area contributed by atoms with Crippen molar-refractivity contribution in [2.75, 3.05) is 0 Å². The van der Waals surface area contributed by atoms with E-state index in [1.54, 1.807) is 0 Å². The third-order valence-corrected chi connectivity index (χ3v) is 9.36. The van der Waals surface area contributed by atoms with Crippen molar-refractivity contribution in [1.29, 1.82) is 0 Å². The first-order valence-electron chi connectivity index (χ1n) is 15.9. The molecule has 2 heteroatoms. The second kappa shape index (κ2) is 10.4. The summed E-state index contributed by atoms with van der Waals surface area (Å²) in [6, 6.07) is 57.8. The van der Waals surface area contributed by atoms with Crippen molar-refractivity contribution in [3.05, 3.63) is 169 Å². The maximum Gasteiger partial charge on any atom is 0.0541 e. The lowest BCUT2D eigenvalue weighted by Crippen LogP contribution is -1.96. The standard InChI is InChI=1S/C44H32N2/c1-29-11-10-12-31(23-29)34-24-30(2)25-36(26-34)46-42-18-9-7-16-38(42)40-28-33(20-22-44(40)46)32-19-21-43-39(27-32)37-15-6-8-17-41(37)45(43)35-13-4-3-5-14-35/h3-28H,1-2H3. The molecule has 0 aliphatic rings. The summed E-state index contributed by atoms with van der Waals surface area (Å²) in [5.74, 6) is 0. The van der Waals surface area contributed by atoms with Gasteiger partial charge >= 0.3 is 0 Å². The van der Waals surface area contributed by atoms with Gasteiger partial charge in [-0.1, -0.05) is 103 Å². The van der Waals surface area contributed by atoms with Crippen LogP contribution in [0.15, 0.2) is 158 Å². The zero-order valence-corrected chi connectivity index (χ0v) is 25.9. The minimum absolute atomic E-state index is 1.18. The Bertz CT molecular complexity index is 2600. The largest absolute Gasteiger partial charge is 0.309 e. The summed E-state index contributed by atoms with van der Waals surface area (Å²) >= 11 is 0. The van der Waals surface area contributed by atoms with Gasteiger partial charge in [0.05, 0.1) is 22.1 Å². The fourth-order valence-corrected chi connectivity index (χ4v) is 7.32. The molecule has 218 valence electrons. The Morgan fingerprint density at radius 2 is 0.826 bits per heavy atom. The van der Waals surface area contributed by atoms with Crippen LogP contribution in [0.4, 0.5) is 0 Å². The lowest BCUT2D eigenvalue weighted by molar-refractivity contribution is 1.17. The van der Waals surface area contributed by atoms with E-state index in [0.717, 1.165) is 0 Å². The first-order chi connectivity index (χ1) is 22.6. The molecule has 0 fully saturated rings. The normalized spacial score (nSPS) is 11.7. The number of aryl methyl sites for hydroxylation is 2. The Kier molecular flexibility index (Phi) is 5.97. The lowest BCUT2D eigenvalue weighted by atomic mass is 10.00. The molecule has 0 bridgehead atoms. The van der Waals surface area contributed by atoms with E-state index in [9.17, 15) is 0 Å². The van der Waals surface area contributed by atoms with Crippen molar-refractivity contribution < 1.29 is 0 Å². The van der Waals surface area contributed by atoms with Gasteiger partial charge in [-0.2, -0.15) is 0 Å². The second-order valence-corrected chi connectivity index (χ2v) is 12.4. The Balaban J connectivity index is 1.23. The Labute approximate surface area is 268 Å². The van der Waals surface area contributed by atoms with E-state index in [4.69, 9.17) is 0 Å². The van der Waals surface area contributed by atoms with Gasteiger partial charge in [-0.05, 0) is 102 Å². The van der Waals surface area contributed by atoms with Crippen LogP contribution >= 0.6 is 0 Å². The van der Waals surface area contributed by atoms with Crippen molar-refractivity contribution >= 4 is 43.6 Å². The van der Waals surface area contributed by atoms with Gasteiger partial charge in [-0.15, -0.1) is 0 Å². The average molecular weight is 589 g/mol. The molecular weight excluding hydrogens is 556 g/mol. The number of aromatic nitrogens is 2. The number of hydrogen-bond donors (Lipinski definition) is 0. The van der Waals surface area contributed by atoms with Gasteiger partial charge in [0.2, 0.25) is 0 Å². The molecule has 0 saturated heterocycles. The first kappa shape index (κ1) is 26.5.